The second kappa shape index (κ2) is 3.99. The third-order valence-electron chi connectivity index (χ3n) is 2.95. The van der Waals surface area contributed by atoms with Crippen molar-refractivity contribution in [3.63, 3.8) is 0 Å². The Kier molecular flexibility index (Phi) is 2.81. The molecular formula is C12H12BrNO2. The van der Waals surface area contributed by atoms with Crippen LogP contribution in [0.3, 0.4) is 0 Å². The van der Waals surface area contributed by atoms with Crippen molar-refractivity contribution in [1.29, 1.82) is 5.26 Å². The van der Waals surface area contributed by atoms with Gasteiger partial charge in [-0.15, -0.1) is 0 Å². The third kappa shape index (κ3) is 1.56. The molecule has 0 aliphatic heterocycles. The van der Waals surface area contributed by atoms with Crippen molar-refractivity contribution in [1.82, 2.24) is 0 Å². The zero-order valence-corrected chi connectivity index (χ0v) is 10.8. The molecule has 0 aromatic heterocycles. The predicted molar refractivity (Wildman–Crippen MR) is 63.8 cm³/mol. The Labute approximate surface area is 103 Å². The molecule has 2 rings (SSSR count). The van der Waals surface area contributed by atoms with Crippen molar-refractivity contribution in [2.45, 2.75) is 18.3 Å². The van der Waals surface area contributed by atoms with E-state index in [1.165, 1.54) is 0 Å². The maximum absolute atomic E-state index is 9.25. The number of halogens is 1. The van der Waals surface area contributed by atoms with Gasteiger partial charge in [0.25, 0.3) is 0 Å². The number of methoxy groups -OCH3 is 2. The Balaban J connectivity index is 2.61. The molecule has 0 N–H and O–H groups in total. The third-order valence-corrected chi connectivity index (χ3v) is 3.74. The van der Waals surface area contributed by atoms with Gasteiger partial charge in [0.15, 0.2) is 0 Å². The molecule has 0 spiro atoms. The van der Waals surface area contributed by atoms with E-state index in [4.69, 9.17) is 9.47 Å². The molecule has 4 heteroatoms. The summed E-state index contributed by atoms with van der Waals surface area (Å²) in [5.74, 6) is 1.48. The van der Waals surface area contributed by atoms with Crippen molar-refractivity contribution in [3.8, 4) is 17.6 Å². The van der Waals surface area contributed by atoms with Crippen LogP contribution < -0.4 is 9.47 Å². The second-order valence-corrected chi connectivity index (χ2v) is 4.65. The SMILES string of the molecule is COc1ccc(OC)c(C2(C#N)CC2)c1Br. The number of nitriles is 1. The summed E-state index contributed by atoms with van der Waals surface area (Å²) in [7, 11) is 3.23. The maximum atomic E-state index is 9.25. The summed E-state index contributed by atoms with van der Waals surface area (Å²) < 4.78 is 11.4. The highest BCUT2D eigenvalue weighted by Gasteiger charge is 2.48. The van der Waals surface area contributed by atoms with E-state index in [1.807, 2.05) is 12.1 Å². The molecule has 0 amide bonds. The van der Waals surface area contributed by atoms with Gasteiger partial charge in [-0.25, -0.2) is 0 Å². The van der Waals surface area contributed by atoms with Crippen LogP contribution in [-0.4, -0.2) is 14.2 Å². The van der Waals surface area contributed by atoms with E-state index in [9.17, 15) is 5.26 Å². The Morgan fingerprint density at radius 3 is 2.25 bits per heavy atom. The van der Waals surface area contributed by atoms with Gasteiger partial charge < -0.3 is 9.47 Å². The van der Waals surface area contributed by atoms with E-state index in [2.05, 4.69) is 22.0 Å². The number of benzene rings is 1. The van der Waals surface area contributed by atoms with E-state index in [1.54, 1.807) is 14.2 Å². The molecule has 3 nitrogen and oxygen atoms in total. The number of hydrogen-bond acceptors (Lipinski definition) is 3. The molecule has 0 bridgehead atoms. The minimum absolute atomic E-state index is 0.390. The number of hydrogen-bond donors (Lipinski definition) is 0. The van der Waals surface area contributed by atoms with E-state index >= 15 is 0 Å². The van der Waals surface area contributed by atoms with Gasteiger partial charge in [0.05, 0.1) is 30.2 Å². The molecule has 0 unspecified atom stereocenters. The van der Waals surface area contributed by atoms with Gasteiger partial charge in [-0.3, -0.25) is 0 Å². The van der Waals surface area contributed by atoms with E-state index < -0.39 is 5.41 Å². The number of rotatable bonds is 3. The standard InChI is InChI=1S/C12H12BrNO2/c1-15-8-3-4-9(16-2)11(13)10(8)12(7-14)5-6-12/h3-4H,5-6H2,1-2H3. The number of nitrogens with zero attached hydrogens (tertiary/aromatic N) is 1. The summed E-state index contributed by atoms with van der Waals surface area (Å²) in [6, 6.07) is 6.05. The minimum atomic E-state index is -0.390. The largest absolute Gasteiger partial charge is 0.496 e. The lowest BCUT2D eigenvalue weighted by Crippen LogP contribution is -2.07. The Morgan fingerprint density at radius 1 is 1.25 bits per heavy atom. The minimum Gasteiger partial charge on any atom is -0.496 e. The molecule has 1 aliphatic rings. The normalized spacial score (nSPS) is 16.4. The van der Waals surface area contributed by atoms with E-state index in [0.29, 0.717) is 0 Å². The Hall–Kier alpha value is -1.21. The molecule has 0 atom stereocenters. The summed E-state index contributed by atoms with van der Waals surface area (Å²) in [6.07, 6.45) is 1.76. The zero-order valence-electron chi connectivity index (χ0n) is 9.21. The first kappa shape index (κ1) is 11.3. The smallest absolute Gasteiger partial charge is 0.133 e. The zero-order chi connectivity index (χ0) is 11.8. The van der Waals surface area contributed by atoms with Crippen molar-refractivity contribution in [2.24, 2.45) is 0 Å². The summed E-state index contributed by atoms with van der Waals surface area (Å²) in [6.45, 7) is 0. The molecule has 84 valence electrons. The van der Waals surface area contributed by atoms with Crippen LogP contribution >= 0.6 is 15.9 Å². The molecule has 0 radical (unpaired) electrons. The van der Waals surface area contributed by atoms with E-state index in [-0.39, 0.29) is 0 Å². The molecule has 1 aromatic carbocycles. The molecule has 1 aliphatic carbocycles. The lowest BCUT2D eigenvalue weighted by atomic mass is 9.96. The van der Waals surface area contributed by atoms with Gasteiger partial charge in [-0.1, -0.05) is 0 Å². The molecule has 1 aromatic rings. The van der Waals surface area contributed by atoms with Crippen LogP contribution in [0.15, 0.2) is 16.6 Å². The fourth-order valence-corrected chi connectivity index (χ4v) is 2.72. The average molecular weight is 282 g/mol. The van der Waals surface area contributed by atoms with Crippen molar-refractivity contribution in [3.05, 3.63) is 22.2 Å². The van der Waals surface area contributed by atoms with Gasteiger partial charge in [0.1, 0.15) is 11.5 Å². The first-order valence-electron chi connectivity index (χ1n) is 5.01. The van der Waals surface area contributed by atoms with Crippen molar-refractivity contribution < 1.29 is 9.47 Å². The fraction of sp³-hybridized carbons (Fsp3) is 0.417. The van der Waals surface area contributed by atoms with Gasteiger partial charge in [-0.2, -0.15) is 5.26 Å². The predicted octanol–water partition coefficient (Wildman–Crippen LogP) is 3.02. The molecule has 1 fully saturated rings. The van der Waals surface area contributed by atoms with E-state index in [0.717, 1.165) is 34.4 Å². The van der Waals surface area contributed by atoms with Crippen LogP contribution in [0.1, 0.15) is 18.4 Å². The summed E-state index contributed by atoms with van der Waals surface area (Å²) in [5, 5.41) is 9.25. The summed E-state index contributed by atoms with van der Waals surface area (Å²) in [4.78, 5) is 0. The molecule has 16 heavy (non-hydrogen) atoms. The lowest BCUT2D eigenvalue weighted by Gasteiger charge is -2.16. The van der Waals surface area contributed by atoms with Gasteiger partial charge in [0, 0.05) is 5.56 Å². The highest BCUT2D eigenvalue weighted by atomic mass is 79.9. The lowest BCUT2D eigenvalue weighted by molar-refractivity contribution is 0.394. The quantitative estimate of drug-likeness (QED) is 0.855. The van der Waals surface area contributed by atoms with Crippen LogP contribution in [0.25, 0.3) is 0 Å². The molecule has 0 saturated heterocycles. The summed E-state index contributed by atoms with van der Waals surface area (Å²) in [5.41, 5.74) is 0.524. The van der Waals surface area contributed by atoms with Crippen LogP contribution in [-0.2, 0) is 5.41 Å². The highest BCUT2D eigenvalue weighted by Crippen LogP contribution is 2.54. The van der Waals surface area contributed by atoms with Crippen molar-refractivity contribution in [2.75, 3.05) is 14.2 Å². The monoisotopic (exact) mass is 281 g/mol. The van der Waals surface area contributed by atoms with Crippen LogP contribution in [0.2, 0.25) is 0 Å². The van der Waals surface area contributed by atoms with Gasteiger partial charge in [-0.05, 0) is 40.9 Å². The number of ether oxygens (including phenoxy) is 2. The highest BCUT2D eigenvalue weighted by molar-refractivity contribution is 9.10. The topological polar surface area (TPSA) is 42.2 Å². The molecular weight excluding hydrogens is 270 g/mol. The average Bonchev–Trinajstić information content (AvgIpc) is 3.09. The van der Waals surface area contributed by atoms with Crippen LogP contribution in [0.4, 0.5) is 0 Å². The first-order chi connectivity index (χ1) is 7.68. The van der Waals surface area contributed by atoms with Crippen LogP contribution in [0.5, 0.6) is 11.5 Å². The molecule has 0 heterocycles. The van der Waals surface area contributed by atoms with Crippen molar-refractivity contribution >= 4 is 15.9 Å². The fourth-order valence-electron chi connectivity index (χ4n) is 1.86. The van der Waals surface area contributed by atoms with Gasteiger partial charge in [0.2, 0.25) is 0 Å². The summed E-state index contributed by atoms with van der Waals surface area (Å²) >= 11 is 3.49. The molecule has 1 saturated carbocycles. The van der Waals surface area contributed by atoms with Gasteiger partial charge >= 0.3 is 0 Å². The second-order valence-electron chi connectivity index (χ2n) is 3.85. The Bertz CT molecular complexity index is 461. The first-order valence-corrected chi connectivity index (χ1v) is 5.80. The Morgan fingerprint density at radius 2 is 1.81 bits per heavy atom. The van der Waals surface area contributed by atoms with Crippen LogP contribution in [0, 0.1) is 11.3 Å². The maximum Gasteiger partial charge on any atom is 0.133 e.